The summed E-state index contributed by atoms with van der Waals surface area (Å²) in [6, 6.07) is 16.2. The number of thioether (sulfide) groups is 1. The van der Waals surface area contributed by atoms with Crippen molar-refractivity contribution in [2.24, 2.45) is 0 Å². The fraction of sp³-hybridized carbons (Fsp3) is 0.442. The summed E-state index contributed by atoms with van der Waals surface area (Å²) in [5.41, 5.74) is 3.29. The average Bonchev–Trinajstić information content (AvgIpc) is 3.99. The van der Waals surface area contributed by atoms with E-state index in [0.29, 0.717) is 36.9 Å². The molecule has 1 saturated carbocycles. The molecule has 2 fully saturated rings. The average molecular weight is 861 g/mol. The molecule has 2 unspecified atom stereocenters. The third-order valence-electron chi connectivity index (χ3n) is 11.4. The molecule has 2 aromatic carbocycles. The summed E-state index contributed by atoms with van der Waals surface area (Å²) >= 11 is 9.08. The van der Waals surface area contributed by atoms with E-state index in [2.05, 4.69) is 24.1 Å². The van der Waals surface area contributed by atoms with E-state index in [1.807, 2.05) is 36.4 Å². The van der Waals surface area contributed by atoms with Crippen molar-refractivity contribution in [3.05, 3.63) is 104 Å². The van der Waals surface area contributed by atoms with Crippen LogP contribution in [0.5, 0.6) is 0 Å². The largest absolute Gasteiger partial charge is 0.481 e. The van der Waals surface area contributed by atoms with Gasteiger partial charge < -0.3 is 15.1 Å². The van der Waals surface area contributed by atoms with Gasteiger partial charge in [0.2, 0.25) is 0 Å². The minimum Gasteiger partial charge on any atom is -0.481 e. The number of carbonyl (C=O) groups is 3. The fourth-order valence-corrected chi connectivity index (χ4v) is 12.3. The summed E-state index contributed by atoms with van der Waals surface area (Å²) in [4.78, 5) is 69.7. The number of benzene rings is 2. The highest BCUT2D eigenvalue weighted by Gasteiger charge is 2.39. The van der Waals surface area contributed by atoms with Gasteiger partial charge in [-0.1, -0.05) is 112 Å². The molecule has 4 heterocycles. The lowest BCUT2D eigenvalue weighted by molar-refractivity contribution is -0.138. The molecule has 3 aliphatic rings. The Bertz CT molecular complexity index is 2560. The predicted molar refractivity (Wildman–Crippen MR) is 235 cm³/mol. The SMILES string of the molecule is CN1c2ccc(/C=c3\s/c(=c4/s/c(=C5/SC(=S)N(CCCCCCCCCCCC(=O)O)C5=O)n(Cc5ccccc5)c4=O)n(CC(=O)O)c3=O)cc2C2CCCC21. The molecule has 1 aliphatic carbocycles. The molecule has 11 nitrogen and oxygen atoms in total. The maximum atomic E-state index is 14.5. The normalized spacial score (nSPS) is 19.4. The highest BCUT2D eigenvalue weighted by molar-refractivity contribution is 8.30. The van der Waals surface area contributed by atoms with E-state index in [0.717, 1.165) is 104 Å². The Morgan fingerprint density at radius 3 is 2.24 bits per heavy atom. The van der Waals surface area contributed by atoms with E-state index in [9.17, 15) is 29.1 Å². The topological polar surface area (TPSA) is 142 Å². The molecule has 7 rings (SSSR count). The van der Waals surface area contributed by atoms with E-state index < -0.39 is 29.6 Å². The lowest BCUT2D eigenvalue weighted by Gasteiger charge is -2.21. The van der Waals surface area contributed by atoms with Crippen LogP contribution in [0, 0.1) is 9.20 Å². The molecule has 1 saturated heterocycles. The molecule has 15 heteroatoms. The van der Waals surface area contributed by atoms with Crippen LogP contribution in [0.2, 0.25) is 0 Å². The Morgan fingerprint density at radius 1 is 0.828 bits per heavy atom. The second-order valence-corrected chi connectivity index (χ2v) is 19.0. The van der Waals surface area contributed by atoms with E-state index in [1.165, 1.54) is 34.0 Å². The van der Waals surface area contributed by atoms with Gasteiger partial charge in [0.1, 0.15) is 29.6 Å². The number of unbranched alkanes of at least 4 members (excludes halogenated alkanes) is 8. The number of thiocarbonyl (C=S) groups is 1. The fourth-order valence-electron chi connectivity index (χ4n) is 8.47. The van der Waals surface area contributed by atoms with Gasteiger partial charge in [0, 0.05) is 37.7 Å². The number of hydrogen-bond acceptors (Lipinski definition) is 10. The number of aromatic nitrogens is 2. The molecule has 2 aliphatic heterocycles. The molecule has 1 amide bonds. The smallest absolute Gasteiger partial charge is 0.323 e. The third-order valence-corrected chi connectivity index (χ3v) is 15.4. The van der Waals surface area contributed by atoms with E-state index in [4.69, 9.17) is 17.3 Å². The maximum absolute atomic E-state index is 14.5. The summed E-state index contributed by atoms with van der Waals surface area (Å²) in [7, 11) is 2.14. The van der Waals surface area contributed by atoms with Crippen molar-refractivity contribution in [1.82, 2.24) is 14.0 Å². The highest BCUT2D eigenvalue weighted by atomic mass is 32.2. The first kappa shape index (κ1) is 41.8. The standard InChI is InChI=1S/C43H48N4O7S4/c1-44-31-18-14-17-29(31)30-23-28(20-21-32(30)44)24-33-38(52)47(26-35(50)51)41(56-33)36-40(54)46(25-27-15-10-9-11-16-27)42(57-36)37-39(53)45(43(55)58-37)22-13-8-6-4-2-3-5-7-12-19-34(48)49/h9-11,15-16,20-21,23-24,29,31H,2-8,12-14,17-19,22,25-26H2,1H3,(H,48,49)(H,50,51)/b33-24-,41-36+,42-37+. The van der Waals surface area contributed by atoms with Crippen LogP contribution in [0.4, 0.5) is 5.69 Å². The monoisotopic (exact) mass is 860 g/mol. The van der Waals surface area contributed by atoms with Crippen molar-refractivity contribution < 1.29 is 24.6 Å². The Balaban J connectivity index is 1.21. The zero-order valence-corrected chi connectivity index (χ0v) is 35.8. The molecule has 2 N–H and O–H groups in total. The molecule has 306 valence electrons. The number of carbonyl (C=O) groups excluding carboxylic acids is 1. The van der Waals surface area contributed by atoms with Crippen molar-refractivity contribution in [2.45, 2.75) is 109 Å². The van der Waals surface area contributed by atoms with Crippen LogP contribution < -0.4 is 25.2 Å². The molecule has 0 radical (unpaired) electrons. The zero-order valence-electron chi connectivity index (χ0n) is 32.5. The minimum atomic E-state index is -1.20. The van der Waals surface area contributed by atoms with Gasteiger partial charge in [0.05, 0.1) is 11.1 Å². The summed E-state index contributed by atoms with van der Waals surface area (Å²) in [6.07, 6.45) is 14.2. The van der Waals surface area contributed by atoms with Crippen molar-refractivity contribution in [3.63, 3.8) is 0 Å². The Kier molecular flexibility index (Phi) is 13.5. The Morgan fingerprint density at radius 2 is 1.53 bits per heavy atom. The number of aliphatic carboxylic acids is 2. The number of anilines is 1. The van der Waals surface area contributed by atoms with Crippen molar-refractivity contribution >= 4 is 85.5 Å². The van der Waals surface area contributed by atoms with Crippen LogP contribution in [0.25, 0.3) is 11.0 Å². The maximum Gasteiger partial charge on any atom is 0.323 e. The van der Waals surface area contributed by atoms with Crippen LogP contribution in [0.15, 0.2) is 58.1 Å². The number of likely N-dealkylation sites (N-methyl/N-ethyl adjacent to an activating group) is 1. The molecular weight excluding hydrogens is 813 g/mol. The van der Waals surface area contributed by atoms with Gasteiger partial charge in [0.25, 0.3) is 17.0 Å². The number of hydrogen-bond donors (Lipinski definition) is 2. The summed E-state index contributed by atoms with van der Waals surface area (Å²) in [5, 5.41) is 18.7. The van der Waals surface area contributed by atoms with Crippen molar-refractivity contribution in [2.75, 3.05) is 18.5 Å². The first-order valence-electron chi connectivity index (χ1n) is 20.1. The molecule has 2 aromatic heterocycles. The van der Waals surface area contributed by atoms with Crippen molar-refractivity contribution in [3.8, 4) is 0 Å². The number of thiazole rings is 2. The van der Waals surface area contributed by atoms with E-state index >= 15 is 0 Å². The molecule has 0 spiro atoms. The second kappa shape index (κ2) is 18.7. The number of rotatable bonds is 17. The predicted octanol–water partition coefficient (Wildman–Crippen LogP) is 6.42. The molecule has 58 heavy (non-hydrogen) atoms. The van der Waals surface area contributed by atoms with Crippen LogP contribution >= 0.6 is 46.7 Å². The second-order valence-electron chi connectivity index (χ2n) is 15.3. The number of amides is 1. The quantitative estimate of drug-likeness (QED) is 0.0903. The van der Waals surface area contributed by atoms with E-state index in [1.54, 1.807) is 15.5 Å². The lowest BCUT2D eigenvalue weighted by atomic mass is 9.96. The number of carboxylic acid groups (broad SMARTS) is 2. The van der Waals surface area contributed by atoms with Gasteiger partial charge in [-0.15, -0.1) is 22.7 Å². The Labute approximate surface area is 353 Å². The van der Waals surface area contributed by atoms with Crippen LogP contribution in [-0.4, -0.2) is 66.0 Å². The highest BCUT2D eigenvalue weighted by Crippen LogP contribution is 2.48. The number of nitrogens with zero attached hydrogens (tertiary/aromatic N) is 4. The zero-order chi connectivity index (χ0) is 40.9. The number of carboxylic acids is 2. The number of fused-ring (bicyclic) bond motifs is 3. The molecule has 0 bridgehead atoms. The summed E-state index contributed by atoms with van der Waals surface area (Å²) in [5.74, 6) is -1.76. The third kappa shape index (κ3) is 9.12. The van der Waals surface area contributed by atoms with Crippen LogP contribution in [-0.2, 0) is 27.5 Å². The van der Waals surface area contributed by atoms with Gasteiger partial charge in [-0.25, -0.2) is 0 Å². The van der Waals surface area contributed by atoms with Gasteiger partial charge in [-0.05, 0) is 60.6 Å². The van der Waals surface area contributed by atoms with Gasteiger partial charge >= 0.3 is 11.9 Å². The van der Waals surface area contributed by atoms with Gasteiger partial charge in [-0.2, -0.15) is 0 Å². The lowest BCUT2D eigenvalue weighted by Crippen LogP contribution is -2.32. The molecule has 4 aromatic rings. The Hall–Kier alpha value is -4.31. The first-order valence-corrected chi connectivity index (χ1v) is 22.9. The summed E-state index contributed by atoms with van der Waals surface area (Å²) < 4.78 is 4.35. The molecule has 2 atom stereocenters. The minimum absolute atomic E-state index is 0.175. The molecular formula is C43H48N4O7S4. The van der Waals surface area contributed by atoms with E-state index in [-0.39, 0.29) is 28.1 Å². The summed E-state index contributed by atoms with van der Waals surface area (Å²) in [6.45, 7) is 0.0269. The van der Waals surface area contributed by atoms with Crippen LogP contribution in [0.3, 0.4) is 0 Å². The van der Waals surface area contributed by atoms with Crippen LogP contribution in [0.1, 0.15) is 106 Å². The first-order chi connectivity index (χ1) is 28.0. The van der Waals surface area contributed by atoms with Gasteiger partial charge in [-0.3, -0.25) is 38.0 Å². The van der Waals surface area contributed by atoms with Gasteiger partial charge in [0.15, 0.2) is 0 Å². The van der Waals surface area contributed by atoms with Crippen molar-refractivity contribution in [1.29, 1.82) is 0 Å².